The number of thiazole rings is 1. The Hall–Kier alpha value is -3.27. The number of aryl methyl sites for hydroxylation is 1. The van der Waals surface area contributed by atoms with Crippen molar-refractivity contribution >= 4 is 40.2 Å². The Labute approximate surface area is 164 Å². The number of benzene rings is 1. The molecule has 1 aromatic carbocycles. The third kappa shape index (κ3) is 4.71. The minimum absolute atomic E-state index is 0.233. The van der Waals surface area contributed by atoms with E-state index in [1.165, 1.54) is 30.7 Å². The van der Waals surface area contributed by atoms with Gasteiger partial charge in [-0.2, -0.15) is 0 Å². The zero-order valence-electron chi connectivity index (χ0n) is 15.0. The maximum absolute atomic E-state index is 14.3. The summed E-state index contributed by atoms with van der Waals surface area (Å²) in [5.74, 6) is -1.87. The van der Waals surface area contributed by atoms with Crippen LogP contribution in [0.2, 0.25) is 0 Å². The van der Waals surface area contributed by atoms with Crippen molar-refractivity contribution in [2.75, 3.05) is 11.1 Å². The van der Waals surface area contributed by atoms with E-state index in [1.54, 1.807) is 6.92 Å². The summed E-state index contributed by atoms with van der Waals surface area (Å²) in [5.41, 5.74) is 11.8. The Morgan fingerprint density at radius 3 is 2.71 bits per heavy atom. The lowest BCUT2D eigenvalue weighted by Gasteiger charge is -2.12. The highest BCUT2D eigenvalue weighted by atomic mass is 32.1. The van der Waals surface area contributed by atoms with Crippen molar-refractivity contribution < 1.29 is 14.0 Å². The number of rotatable bonds is 6. The molecule has 8 nitrogen and oxygen atoms in total. The first-order valence-corrected chi connectivity index (χ1v) is 9.28. The van der Waals surface area contributed by atoms with Gasteiger partial charge in [-0.3, -0.25) is 14.6 Å². The van der Waals surface area contributed by atoms with Crippen LogP contribution in [-0.4, -0.2) is 29.1 Å². The monoisotopic (exact) mass is 402 g/mol. The van der Waals surface area contributed by atoms with E-state index in [0.717, 1.165) is 24.2 Å². The van der Waals surface area contributed by atoms with Crippen LogP contribution in [0, 0.1) is 12.7 Å². The molecule has 1 saturated carbocycles. The van der Waals surface area contributed by atoms with Crippen molar-refractivity contribution in [2.24, 2.45) is 10.7 Å². The van der Waals surface area contributed by atoms with Crippen molar-refractivity contribution in [3.63, 3.8) is 0 Å². The first-order valence-electron chi connectivity index (χ1n) is 8.46. The number of amides is 2. The van der Waals surface area contributed by atoms with Crippen LogP contribution in [-0.2, 0) is 0 Å². The van der Waals surface area contributed by atoms with Gasteiger partial charge in [0, 0.05) is 18.1 Å². The van der Waals surface area contributed by atoms with Gasteiger partial charge in [-0.15, -0.1) is 0 Å². The molecule has 1 aromatic heterocycles. The van der Waals surface area contributed by atoms with Gasteiger partial charge < -0.3 is 22.1 Å². The van der Waals surface area contributed by atoms with Crippen LogP contribution in [0.3, 0.4) is 0 Å². The number of nitrogens with zero attached hydrogens (tertiary/aromatic N) is 2. The molecule has 1 heterocycles. The second-order valence-corrected chi connectivity index (χ2v) is 7.31. The van der Waals surface area contributed by atoms with E-state index in [9.17, 15) is 14.0 Å². The Bertz CT molecular complexity index is 980. The Balaban J connectivity index is 1.78. The first kappa shape index (κ1) is 19.5. The summed E-state index contributed by atoms with van der Waals surface area (Å²) in [7, 11) is 0. The molecular formula is C18H19FN6O2S. The van der Waals surface area contributed by atoms with Crippen molar-refractivity contribution in [1.29, 1.82) is 0 Å². The summed E-state index contributed by atoms with van der Waals surface area (Å²) in [6.07, 6.45) is 6.00. The summed E-state index contributed by atoms with van der Waals surface area (Å²) in [5, 5.41) is 5.41. The predicted molar refractivity (Wildman–Crippen MR) is 107 cm³/mol. The number of nitrogens with one attached hydrogen (secondary N) is 2. The minimum Gasteiger partial charge on any atom is -0.403 e. The molecule has 0 spiro atoms. The van der Waals surface area contributed by atoms with Crippen molar-refractivity contribution in [3.05, 3.63) is 52.0 Å². The lowest BCUT2D eigenvalue weighted by molar-refractivity contribution is 0.0962. The SMILES string of the molecule is Cc1cc(F)c(C(=O)N/C(C=NC2CC2)=C/N)cc1NC(=O)c1cnc(N)s1. The van der Waals surface area contributed by atoms with E-state index >= 15 is 0 Å². The van der Waals surface area contributed by atoms with Crippen molar-refractivity contribution in [2.45, 2.75) is 25.8 Å². The highest BCUT2D eigenvalue weighted by Crippen LogP contribution is 2.24. The Kier molecular flexibility index (Phi) is 5.69. The summed E-state index contributed by atoms with van der Waals surface area (Å²) < 4.78 is 14.3. The number of nitrogens with two attached hydrogens (primary N) is 2. The molecule has 0 saturated heterocycles. The number of aromatic nitrogens is 1. The zero-order valence-corrected chi connectivity index (χ0v) is 15.8. The molecule has 0 radical (unpaired) electrons. The third-order valence-electron chi connectivity index (χ3n) is 3.96. The smallest absolute Gasteiger partial charge is 0.267 e. The van der Waals surface area contributed by atoms with Crippen LogP contribution in [0.25, 0.3) is 0 Å². The standard InChI is InChI=1S/C18H19FN6O2S/c1-9-4-13(19)12(16(26)24-11(6-20)7-22-10-2-3-10)5-14(9)25-17(27)15-8-23-18(21)28-15/h4-8,10H,2-3,20H2,1H3,(H2,21,23)(H,24,26)(H,25,27)/b11-6+,22-7?. The van der Waals surface area contributed by atoms with Gasteiger partial charge >= 0.3 is 0 Å². The quantitative estimate of drug-likeness (QED) is 0.549. The molecule has 2 aromatic rings. The second-order valence-electron chi connectivity index (χ2n) is 6.25. The van der Waals surface area contributed by atoms with Gasteiger partial charge in [0.1, 0.15) is 10.7 Å². The molecule has 1 aliphatic carbocycles. The molecule has 3 rings (SSSR count). The number of anilines is 2. The van der Waals surface area contributed by atoms with E-state index in [-0.39, 0.29) is 22.4 Å². The van der Waals surface area contributed by atoms with Gasteiger partial charge in [0.2, 0.25) is 0 Å². The first-order chi connectivity index (χ1) is 13.4. The van der Waals surface area contributed by atoms with Gasteiger partial charge in [-0.25, -0.2) is 9.37 Å². The largest absolute Gasteiger partial charge is 0.403 e. The fourth-order valence-corrected chi connectivity index (χ4v) is 2.86. The maximum atomic E-state index is 14.3. The summed E-state index contributed by atoms with van der Waals surface area (Å²) in [4.78, 5) is 33.1. The molecule has 6 N–H and O–H groups in total. The van der Waals surface area contributed by atoms with E-state index in [2.05, 4.69) is 20.6 Å². The fraction of sp³-hybridized carbons (Fsp3) is 0.222. The lowest BCUT2D eigenvalue weighted by Crippen LogP contribution is -2.26. The normalized spacial score (nSPS) is 14.3. The predicted octanol–water partition coefficient (Wildman–Crippen LogP) is 2.19. The van der Waals surface area contributed by atoms with Gasteiger partial charge in [-0.05, 0) is 37.5 Å². The summed E-state index contributed by atoms with van der Waals surface area (Å²) in [6, 6.07) is 2.70. The van der Waals surface area contributed by atoms with Gasteiger partial charge in [0.25, 0.3) is 11.8 Å². The Morgan fingerprint density at radius 1 is 1.36 bits per heavy atom. The molecule has 0 unspecified atom stereocenters. The summed E-state index contributed by atoms with van der Waals surface area (Å²) >= 11 is 1.02. The number of allylic oxidation sites excluding steroid dienone is 1. The number of nitrogen functional groups attached to an aromatic ring is 1. The van der Waals surface area contributed by atoms with Gasteiger partial charge in [0.15, 0.2) is 5.13 Å². The number of hydrogen-bond acceptors (Lipinski definition) is 7. The molecule has 10 heteroatoms. The fourth-order valence-electron chi connectivity index (χ4n) is 2.28. The highest BCUT2D eigenvalue weighted by molar-refractivity contribution is 7.17. The average Bonchev–Trinajstić information content (AvgIpc) is 3.39. The molecule has 2 amide bonds. The minimum atomic E-state index is -0.717. The van der Waals surface area contributed by atoms with Crippen LogP contribution >= 0.6 is 11.3 Å². The van der Waals surface area contributed by atoms with Crippen molar-refractivity contribution in [1.82, 2.24) is 10.3 Å². The van der Waals surface area contributed by atoms with E-state index in [0.29, 0.717) is 16.1 Å². The molecular weight excluding hydrogens is 383 g/mol. The molecule has 0 bridgehead atoms. The average molecular weight is 402 g/mol. The van der Waals surface area contributed by atoms with Crippen molar-refractivity contribution in [3.8, 4) is 0 Å². The highest BCUT2D eigenvalue weighted by Gasteiger charge is 2.20. The van der Waals surface area contributed by atoms with Crippen LogP contribution < -0.4 is 22.1 Å². The zero-order chi connectivity index (χ0) is 20.3. The van der Waals surface area contributed by atoms with E-state index in [4.69, 9.17) is 11.5 Å². The molecule has 0 atom stereocenters. The van der Waals surface area contributed by atoms with Crippen LogP contribution in [0.15, 0.2) is 35.2 Å². The number of hydrogen-bond donors (Lipinski definition) is 4. The molecule has 0 aliphatic heterocycles. The third-order valence-corrected chi connectivity index (χ3v) is 4.79. The molecule has 1 fully saturated rings. The maximum Gasteiger partial charge on any atom is 0.267 e. The second kappa shape index (κ2) is 8.17. The van der Waals surface area contributed by atoms with E-state index in [1.807, 2.05) is 0 Å². The molecule has 1 aliphatic rings. The van der Waals surface area contributed by atoms with Crippen LogP contribution in [0.1, 0.15) is 38.4 Å². The van der Waals surface area contributed by atoms with Crippen LogP contribution in [0.5, 0.6) is 0 Å². The summed E-state index contributed by atoms with van der Waals surface area (Å²) in [6.45, 7) is 1.62. The topological polar surface area (TPSA) is 135 Å². The number of aliphatic imine (C=N–C) groups is 1. The van der Waals surface area contributed by atoms with Crippen LogP contribution in [0.4, 0.5) is 15.2 Å². The molecule has 146 valence electrons. The number of carbonyl (C=O) groups excluding carboxylic acids is 2. The van der Waals surface area contributed by atoms with Gasteiger partial charge in [0.05, 0.1) is 23.5 Å². The Morgan fingerprint density at radius 2 is 2.11 bits per heavy atom. The molecule has 28 heavy (non-hydrogen) atoms. The lowest BCUT2D eigenvalue weighted by atomic mass is 10.1. The number of carbonyl (C=O) groups is 2. The number of halogens is 1. The van der Waals surface area contributed by atoms with Gasteiger partial charge in [-0.1, -0.05) is 11.3 Å². The van der Waals surface area contributed by atoms with E-state index < -0.39 is 17.6 Å².